The van der Waals surface area contributed by atoms with Crippen LogP contribution in [0.5, 0.6) is 0 Å². The zero-order chi connectivity index (χ0) is 13.1. The second-order valence-electron chi connectivity index (χ2n) is 4.69. The molecule has 1 aromatic carbocycles. The van der Waals surface area contributed by atoms with Crippen LogP contribution in [0.15, 0.2) is 36.5 Å². The van der Waals surface area contributed by atoms with Crippen LogP contribution in [-0.4, -0.2) is 15.9 Å². The lowest BCUT2D eigenvalue weighted by Crippen LogP contribution is -2.16. The number of anilines is 1. The van der Waals surface area contributed by atoms with E-state index < -0.39 is 0 Å². The van der Waals surface area contributed by atoms with Gasteiger partial charge in [-0.25, -0.2) is 9.97 Å². The second-order valence-corrected chi connectivity index (χ2v) is 4.69. The lowest BCUT2D eigenvalue weighted by Gasteiger charge is -2.14. The van der Waals surface area contributed by atoms with Crippen LogP contribution in [0.2, 0.25) is 0 Å². The summed E-state index contributed by atoms with van der Waals surface area (Å²) in [5.74, 6) is 0.228. The van der Waals surface area contributed by atoms with Crippen molar-refractivity contribution in [1.82, 2.24) is 9.97 Å². The summed E-state index contributed by atoms with van der Waals surface area (Å²) in [4.78, 5) is 20.6. The fourth-order valence-corrected chi connectivity index (χ4v) is 2.30. The van der Waals surface area contributed by atoms with Gasteiger partial charge in [-0.05, 0) is 43.4 Å². The highest BCUT2D eigenvalue weighted by Crippen LogP contribution is 2.19. The molecule has 2 aromatic rings. The highest BCUT2D eigenvalue weighted by Gasteiger charge is 2.13. The number of carbonyl (C=O) groups is 1. The van der Waals surface area contributed by atoms with Gasteiger partial charge >= 0.3 is 0 Å². The summed E-state index contributed by atoms with van der Waals surface area (Å²) >= 11 is 0. The molecule has 1 aliphatic rings. The Balaban J connectivity index is 1.78. The molecule has 0 saturated carbocycles. The maximum atomic E-state index is 12.0. The zero-order valence-electron chi connectivity index (χ0n) is 10.6. The van der Waals surface area contributed by atoms with E-state index in [0.29, 0.717) is 11.5 Å². The van der Waals surface area contributed by atoms with Gasteiger partial charge in [0.15, 0.2) is 0 Å². The van der Waals surface area contributed by atoms with E-state index in [1.807, 2.05) is 24.4 Å². The number of amides is 1. The number of hydrogen-bond acceptors (Lipinski definition) is 3. The highest BCUT2D eigenvalue weighted by molar-refractivity contribution is 6.03. The molecule has 0 spiro atoms. The molecule has 0 bridgehead atoms. The third kappa shape index (κ3) is 2.62. The van der Waals surface area contributed by atoms with E-state index in [1.165, 1.54) is 12.0 Å². The van der Waals surface area contributed by atoms with Gasteiger partial charge in [-0.1, -0.05) is 18.2 Å². The normalized spacial score (nSPS) is 13.7. The summed E-state index contributed by atoms with van der Waals surface area (Å²) in [5, 5.41) is 2.75. The van der Waals surface area contributed by atoms with Crippen molar-refractivity contribution in [3.05, 3.63) is 53.3 Å². The zero-order valence-corrected chi connectivity index (χ0v) is 10.6. The molecule has 19 heavy (non-hydrogen) atoms. The number of hydrogen-bond donors (Lipinski definition) is 1. The third-order valence-corrected chi connectivity index (χ3v) is 3.33. The Bertz CT molecular complexity index is 596. The van der Waals surface area contributed by atoms with Crippen LogP contribution in [0.1, 0.15) is 34.5 Å². The first kappa shape index (κ1) is 11.8. The average Bonchev–Trinajstić information content (AvgIpc) is 2.48. The number of rotatable bonds is 2. The van der Waals surface area contributed by atoms with Gasteiger partial charge in [-0.15, -0.1) is 0 Å². The molecule has 1 aliphatic carbocycles. The molecule has 96 valence electrons. The molecular formula is C15H15N3O. The van der Waals surface area contributed by atoms with E-state index in [9.17, 15) is 4.79 Å². The van der Waals surface area contributed by atoms with Crippen LogP contribution < -0.4 is 5.32 Å². The van der Waals surface area contributed by atoms with Gasteiger partial charge in [-0.3, -0.25) is 10.1 Å². The monoisotopic (exact) mass is 253 g/mol. The van der Waals surface area contributed by atoms with Crippen molar-refractivity contribution >= 4 is 11.9 Å². The van der Waals surface area contributed by atoms with Crippen molar-refractivity contribution in [3.63, 3.8) is 0 Å². The molecule has 1 amide bonds. The van der Waals surface area contributed by atoms with Gasteiger partial charge < -0.3 is 0 Å². The van der Waals surface area contributed by atoms with Crippen molar-refractivity contribution < 1.29 is 4.79 Å². The Kier molecular flexibility index (Phi) is 3.23. The summed E-state index contributed by atoms with van der Waals surface area (Å²) in [5.41, 5.74) is 2.90. The Morgan fingerprint density at radius 3 is 2.74 bits per heavy atom. The van der Waals surface area contributed by atoms with E-state index in [4.69, 9.17) is 0 Å². The number of nitrogens with zero attached hydrogens (tertiary/aromatic N) is 2. The lowest BCUT2D eigenvalue weighted by molar-refractivity contribution is 0.102. The summed E-state index contributed by atoms with van der Waals surface area (Å²) in [6, 6.07) is 9.10. The van der Waals surface area contributed by atoms with Crippen molar-refractivity contribution in [3.8, 4) is 0 Å². The maximum absolute atomic E-state index is 12.0. The quantitative estimate of drug-likeness (QED) is 0.895. The maximum Gasteiger partial charge on any atom is 0.258 e. The second kappa shape index (κ2) is 5.18. The summed E-state index contributed by atoms with van der Waals surface area (Å²) in [6.07, 6.45) is 6.22. The molecule has 0 unspecified atom stereocenters. The van der Waals surface area contributed by atoms with Crippen molar-refractivity contribution in [2.24, 2.45) is 0 Å². The topological polar surface area (TPSA) is 54.9 Å². The predicted molar refractivity (Wildman–Crippen MR) is 73.1 cm³/mol. The van der Waals surface area contributed by atoms with Crippen molar-refractivity contribution in [1.29, 1.82) is 0 Å². The SMILES string of the molecule is O=C(Nc1ncc2c(n1)CCCC2)c1ccccc1. The van der Waals surface area contributed by atoms with Crippen LogP contribution in [0.25, 0.3) is 0 Å². The van der Waals surface area contributed by atoms with Crippen LogP contribution in [0.3, 0.4) is 0 Å². The molecule has 1 N–H and O–H groups in total. The first-order valence-corrected chi connectivity index (χ1v) is 6.54. The largest absolute Gasteiger partial charge is 0.290 e. The molecule has 1 heterocycles. The van der Waals surface area contributed by atoms with Gasteiger partial charge in [0.25, 0.3) is 5.91 Å². The minimum absolute atomic E-state index is 0.170. The summed E-state index contributed by atoms with van der Waals surface area (Å²) in [7, 11) is 0. The fraction of sp³-hybridized carbons (Fsp3) is 0.267. The van der Waals surface area contributed by atoms with Crippen molar-refractivity contribution in [2.45, 2.75) is 25.7 Å². The predicted octanol–water partition coefficient (Wildman–Crippen LogP) is 2.61. The molecular weight excluding hydrogens is 238 g/mol. The molecule has 3 rings (SSSR count). The minimum atomic E-state index is -0.170. The highest BCUT2D eigenvalue weighted by atomic mass is 16.1. The van der Waals surface area contributed by atoms with Crippen LogP contribution in [0, 0.1) is 0 Å². The number of nitrogens with one attached hydrogen (secondary N) is 1. The molecule has 4 nitrogen and oxygen atoms in total. The summed E-state index contributed by atoms with van der Waals surface area (Å²) in [6.45, 7) is 0. The van der Waals surface area contributed by atoms with E-state index in [1.54, 1.807) is 12.1 Å². The third-order valence-electron chi connectivity index (χ3n) is 3.33. The van der Waals surface area contributed by atoms with Gasteiger partial charge in [-0.2, -0.15) is 0 Å². The Labute approximate surface area is 111 Å². The first-order valence-electron chi connectivity index (χ1n) is 6.54. The molecule has 0 atom stereocenters. The molecule has 1 aromatic heterocycles. The molecule has 4 heteroatoms. The van der Waals surface area contributed by atoms with Crippen molar-refractivity contribution in [2.75, 3.05) is 5.32 Å². The molecule has 0 saturated heterocycles. The number of aryl methyl sites for hydroxylation is 2. The Morgan fingerprint density at radius 1 is 1.11 bits per heavy atom. The lowest BCUT2D eigenvalue weighted by atomic mass is 9.98. The van der Waals surface area contributed by atoms with Gasteiger partial charge in [0.2, 0.25) is 5.95 Å². The van der Waals surface area contributed by atoms with Crippen LogP contribution >= 0.6 is 0 Å². The van der Waals surface area contributed by atoms with E-state index in [0.717, 1.165) is 25.0 Å². The van der Waals surface area contributed by atoms with Crippen LogP contribution in [0.4, 0.5) is 5.95 Å². The standard InChI is InChI=1S/C15H15N3O/c19-14(11-6-2-1-3-7-11)18-15-16-10-12-8-4-5-9-13(12)17-15/h1-3,6-7,10H,4-5,8-9H2,(H,16,17,18,19). The fourth-order valence-electron chi connectivity index (χ4n) is 2.30. The number of carbonyl (C=O) groups excluding carboxylic acids is 1. The Morgan fingerprint density at radius 2 is 1.89 bits per heavy atom. The van der Waals surface area contributed by atoms with Gasteiger partial charge in [0.1, 0.15) is 0 Å². The van der Waals surface area contributed by atoms with Gasteiger partial charge in [0.05, 0.1) is 0 Å². The Hall–Kier alpha value is -2.23. The molecule has 0 aliphatic heterocycles. The molecule has 0 fully saturated rings. The first-order chi connectivity index (χ1) is 9.33. The van der Waals surface area contributed by atoms with Gasteiger partial charge in [0, 0.05) is 17.5 Å². The number of aromatic nitrogens is 2. The van der Waals surface area contributed by atoms with E-state index in [2.05, 4.69) is 15.3 Å². The average molecular weight is 253 g/mol. The number of benzene rings is 1. The van der Waals surface area contributed by atoms with E-state index in [-0.39, 0.29) is 5.91 Å². The van der Waals surface area contributed by atoms with E-state index >= 15 is 0 Å². The molecule has 0 radical (unpaired) electrons. The van der Waals surface area contributed by atoms with Crippen LogP contribution in [-0.2, 0) is 12.8 Å². The number of fused-ring (bicyclic) bond motifs is 1. The smallest absolute Gasteiger partial charge is 0.258 e. The summed E-state index contributed by atoms with van der Waals surface area (Å²) < 4.78 is 0. The minimum Gasteiger partial charge on any atom is -0.290 e.